The Morgan fingerprint density at radius 3 is 2.73 bits per heavy atom. The number of ether oxygens (including phenoxy) is 1. The number of rotatable bonds is 2. The number of ketones is 1. The third-order valence-electron chi connectivity index (χ3n) is 4.84. The molecule has 0 unspecified atom stereocenters. The molecule has 2 bridgehead atoms. The standard InChI is InChI=1S/C17H15NO4/c1-9(19)10-4-3-5-11(8-10)18-15(20)13-12-6-7-17(2,22-12)14(13)16(18)21/h3-8,12-14H,1-2H3/t12-,13-,14-,17-/m1/s1. The Balaban J connectivity index is 1.77. The molecule has 1 aromatic carbocycles. The highest BCUT2D eigenvalue weighted by Crippen LogP contribution is 2.52. The van der Waals surface area contributed by atoms with E-state index >= 15 is 0 Å². The summed E-state index contributed by atoms with van der Waals surface area (Å²) in [6.45, 7) is 3.30. The number of imide groups is 1. The van der Waals surface area contributed by atoms with E-state index in [0.717, 1.165) is 0 Å². The van der Waals surface area contributed by atoms with Gasteiger partial charge in [-0.2, -0.15) is 0 Å². The van der Waals surface area contributed by atoms with Crippen LogP contribution in [-0.2, 0) is 14.3 Å². The number of anilines is 1. The van der Waals surface area contributed by atoms with E-state index in [0.29, 0.717) is 11.3 Å². The lowest BCUT2D eigenvalue weighted by Crippen LogP contribution is -2.38. The van der Waals surface area contributed by atoms with Crippen molar-refractivity contribution in [3.05, 3.63) is 42.0 Å². The fourth-order valence-electron chi connectivity index (χ4n) is 3.77. The molecule has 0 aliphatic carbocycles. The van der Waals surface area contributed by atoms with Gasteiger partial charge in [-0.25, -0.2) is 4.90 Å². The van der Waals surface area contributed by atoms with Gasteiger partial charge in [0.1, 0.15) is 0 Å². The molecule has 2 amide bonds. The van der Waals surface area contributed by atoms with Gasteiger partial charge >= 0.3 is 0 Å². The minimum absolute atomic E-state index is 0.0989. The first kappa shape index (κ1) is 13.4. The number of nitrogens with zero attached hydrogens (tertiary/aromatic N) is 1. The van der Waals surface area contributed by atoms with Gasteiger partial charge in [-0.05, 0) is 26.0 Å². The number of benzene rings is 1. The van der Waals surface area contributed by atoms with Crippen molar-refractivity contribution < 1.29 is 19.1 Å². The van der Waals surface area contributed by atoms with Gasteiger partial charge in [0.25, 0.3) is 0 Å². The zero-order valence-corrected chi connectivity index (χ0v) is 12.3. The summed E-state index contributed by atoms with van der Waals surface area (Å²) >= 11 is 0. The number of hydrogen-bond donors (Lipinski definition) is 0. The van der Waals surface area contributed by atoms with Crippen LogP contribution in [0.2, 0.25) is 0 Å². The summed E-state index contributed by atoms with van der Waals surface area (Å²) in [5.41, 5.74) is 0.244. The van der Waals surface area contributed by atoms with Crippen LogP contribution in [0, 0.1) is 11.8 Å². The molecule has 5 nitrogen and oxygen atoms in total. The summed E-state index contributed by atoms with van der Waals surface area (Å²) in [4.78, 5) is 38.2. The maximum Gasteiger partial charge on any atom is 0.241 e. The van der Waals surface area contributed by atoms with Crippen LogP contribution in [0.25, 0.3) is 0 Å². The highest BCUT2D eigenvalue weighted by Gasteiger charge is 2.66. The molecular weight excluding hydrogens is 282 g/mol. The quantitative estimate of drug-likeness (QED) is 0.474. The first-order valence-corrected chi connectivity index (χ1v) is 7.28. The number of hydrogen-bond acceptors (Lipinski definition) is 4. The van der Waals surface area contributed by atoms with E-state index in [1.807, 2.05) is 19.1 Å². The van der Waals surface area contributed by atoms with E-state index in [1.165, 1.54) is 11.8 Å². The van der Waals surface area contributed by atoms with Crippen LogP contribution in [0.3, 0.4) is 0 Å². The Bertz CT molecular complexity index is 753. The van der Waals surface area contributed by atoms with Crippen molar-refractivity contribution in [1.29, 1.82) is 0 Å². The molecule has 112 valence electrons. The predicted molar refractivity (Wildman–Crippen MR) is 78.3 cm³/mol. The molecule has 2 saturated heterocycles. The van der Waals surface area contributed by atoms with E-state index in [2.05, 4.69) is 0 Å². The Morgan fingerprint density at radius 2 is 2.05 bits per heavy atom. The fraction of sp³-hybridized carbons (Fsp3) is 0.353. The molecule has 4 rings (SSSR count). The lowest BCUT2D eigenvalue weighted by atomic mass is 9.78. The third-order valence-corrected chi connectivity index (χ3v) is 4.84. The molecule has 4 atom stereocenters. The normalized spacial score (nSPS) is 35.4. The second-order valence-electron chi connectivity index (χ2n) is 6.25. The van der Waals surface area contributed by atoms with E-state index < -0.39 is 17.4 Å². The molecule has 2 fully saturated rings. The molecule has 1 aromatic rings. The second kappa shape index (κ2) is 4.14. The smallest absolute Gasteiger partial charge is 0.241 e. The van der Waals surface area contributed by atoms with Crippen molar-refractivity contribution in [2.45, 2.75) is 25.6 Å². The average Bonchev–Trinajstić information content (AvgIpc) is 3.08. The molecule has 3 heterocycles. The van der Waals surface area contributed by atoms with E-state index in [-0.39, 0.29) is 23.7 Å². The van der Waals surface area contributed by atoms with E-state index in [4.69, 9.17) is 4.74 Å². The zero-order chi connectivity index (χ0) is 15.6. The molecule has 0 saturated carbocycles. The summed E-state index contributed by atoms with van der Waals surface area (Å²) in [7, 11) is 0. The molecule has 3 aliphatic heterocycles. The van der Waals surface area contributed by atoms with Gasteiger partial charge in [0.05, 0.1) is 29.2 Å². The first-order chi connectivity index (χ1) is 10.4. The molecule has 0 radical (unpaired) electrons. The highest BCUT2D eigenvalue weighted by molar-refractivity contribution is 6.23. The van der Waals surface area contributed by atoms with Crippen LogP contribution >= 0.6 is 0 Å². The lowest BCUT2D eigenvalue weighted by molar-refractivity contribution is -0.126. The number of amides is 2. The summed E-state index contributed by atoms with van der Waals surface area (Å²) < 4.78 is 5.78. The van der Waals surface area contributed by atoms with Crippen LogP contribution in [0.1, 0.15) is 24.2 Å². The van der Waals surface area contributed by atoms with Crippen LogP contribution in [-0.4, -0.2) is 29.3 Å². The molecule has 5 heteroatoms. The van der Waals surface area contributed by atoms with Gasteiger partial charge < -0.3 is 4.74 Å². The fourth-order valence-corrected chi connectivity index (χ4v) is 3.77. The zero-order valence-electron chi connectivity index (χ0n) is 12.3. The highest BCUT2D eigenvalue weighted by atomic mass is 16.5. The molecule has 22 heavy (non-hydrogen) atoms. The summed E-state index contributed by atoms with van der Waals surface area (Å²) in [6, 6.07) is 6.64. The SMILES string of the molecule is CC(=O)c1cccc(N2C(=O)[C@@H]3[C@H]4C=C[C@@](C)(O4)[C@H]3C2=O)c1. The Labute approximate surface area is 127 Å². The first-order valence-electron chi connectivity index (χ1n) is 7.28. The van der Waals surface area contributed by atoms with Gasteiger partial charge in [0.15, 0.2) is 5.78 Å². The number of fused-ring (bicyclic) bond motifs is 5. The molecular formula is C17H15NO4. The molecule has 0 N–H and O–H groups in total. The maximum atomic E-state index is 12.8. The summed E-state index contributed by atoms with van der Waals surface area (Å²) in [6.07, 6.45) is 3.41. The maximum absolute atomic E-state index is 12.8. The lowest BCUT2D eigenvalue weighted by Gasteiger charge is -2.24. The van der Waals surface area contributed by atoms with Crippen LogP contribution < -0.4 is 4.90 Å². The van der Waals surface area contributed by atoms with Gasteiger partial charge in [-0.3, -0.25) is 14.4 Å². The minimum Gasteiger partial charge on any atom is -0.362 e. The second-order valence-corrected chi connectivity index (χ2v) is 6.25. The summed E-state index contributed by atoms with van der Waals surface area (Å²) in [5.74, 6) is -1.52. The van der Waals surface area contributed by atoms with Gasteiger partial charge in [-0.1, -0.05) is 24.3 Å². The Hall–Kier alpha value is -2.27. The number of Topliss-reactive ketones (excluding diaryl/α,β-unsaturated/α-hetero) is 1. The summed E-state index contributed by atoms with van der Waals surface area (Å²) in [5, 5.41) is 0. The van der Waals surface area contributed by atoms with Gasteiger partial charge in [0.2, 0.25) is 11.8 Å². The van der Waals surface area contributed by atoms with Crippen LogP contribution in [0.4, 0.5) is 5.69 Å². The average molecular weight is 297 g/mol. The van der Waals surface area contributed by atoms with Crippen molar-refractivity contribution in [3.8, 4) is 0 Å². The molecule has 3 aliphatic rings. The molecule has 0 spiro atoms. The minimum atomic E-state index is -0.699. The number of carbonyl (C=O) groups is 3. The monoisotopic (exact) mass is 297 g/mol. The largest absolute Gasteiger partial charge is 0.362 e. The van der Waals surface area contributed by atoms with Gasteiger partial charge in [0, 0.05) is 5.56 Å². The van der Waals surface area contributed by atoms with Crippen molar-refractivity contribution in [2.75, 3.05) is 4.90 Å². The Morgan fingerprint density at radius 1 is 1.27 bits per heavy atom. The van der Waals surface area contributed by atoms with Crippen LogP contribution in [0.5, 0.6) is 0 Å². The molecule has 0 aromatic heterocycles. The Kier molecular flexibility index (Phi) is 2.52. The van der Waals surface area contributed by atoms with Crippen molar-refractivity contribution in [3.63, 3.8) is 0 Å². The van der Waals surface area contributed by atoms with E-state index in [1.54, 1.807) is 24.3 Å². The number of carbonyl (C=O) groups excluding carboxylic acids is 3. The van der Waals surface area contributed by atoms with Crippen molar-refractivity contribution in [2.24, 2.45) is 11.8 Å². The third kappa shape index (κ3) is 1.54. The van der Waals surface area contributed by atoms with E-state index in [9.17, 15) is 14.4 Å². The predicted octanol–water partition coefficient (Wildman–Crippen LogP) is 1.72. The van der Waals surface area contributed by atoms with Crippen molar-refractivity contribution in [1.82, 2.24) is 0 Å². The topological polar surface area (TPSA) is 63.7 Å². The van der Waals surface area contributed by atoms with Crippen molar-refractivity contribution >= 4 is 23.3 Å². The van der Waals surface area contributed by atoms with Crippen LogP contribution in [0.15, 0.2) is 36.4 Å². The van der Waals surface area contributed by atoms with Gasteiger partial charge in [-0.15, -0.1) is 0 Å².